The van der Waals surface area contributed by atoms with Crippen molar-refractivity contribution in [3.05, 3.63) is 11.1 Å². The van der Waals surface area contributed by atoms with Crippen LogP contribution in [0.4, 0.5) is 0 Å². The number of hydrogen-bond donors (Lipinski definition) is 3. The molecule has 5 heteroatoms. The molecule has 92 valence electrons. The Bertz CT molecular complexity index is 294. The van der Waals surface area contributed by atoms with Crippen LogP contribution >= 0.6 is 0 Å². The molecule has 0 fully saturated rings. The molecule has 5 nitrogen and oxygen atoms in total. The summed E-state index contributed by atoms with van der Waals surface area (Å²) in [4.78, 5) is 22.0. The molecular weight excluding hydrogens is 210 g/mol. The molecule has 3 N–H and O–H groups in total. The van der Waals surface area contributed by atoms with Crippen molar-refractivity contribution in [1.82, 2.24) is 5.32 Å². The van der Waals surface area contributed by atoms with Gasteiger partial charge in [-0.25, -0.2) is 4.79 Å². The van der Waals surface area contributed by atoms with E-state index in [4.69, 9.17) is 10.2 Å². The smallest absolute Gasteiger partial charge is 0.331 e. The second-order valence-electron chi connectivity index (χ2n) is 3.80. The zero-order chi connectivity index (χ0) is 12.7. The third-order valence-corrected chi connectivity index (χ3v) is 2.31. The van der Waals surface area contributed by atoms with E-state index in [0.29, 0.717) is 19.4 Å². The number of aliphatic carboxylic acids is 1. The molecule has 1 amide bonds. The van der Waals surface area contributed by atoms with E-state index in [0.717, 1.165) is 0 Å². The van der Waals surface area contributed by atoms with Gasteiger partial charge in [-0.2, -0.15) is 0 Å². The molecule has 0 rings (SSSR count). The summed E-state index contributed by atoms with van der Waals surface area (Å²) in [5, 5.41) is 20.3. The zero-order valence-electron chi connectivity index (χ0n) is 9.91. The van der Waals surface area contributed by atoms with Crippen LogP contribution in [-0.4, -0.2) is 34.7 Å². The Balaban J connectivity index is 4.08. The van der Waals surface area contributed by atoms with Gasteiger partial charge in [0.05, 0.1) is 6.10 Å². The first-order valence-corrected chi connectivity index (χ1v) is 5.23. The number of aliphatic hydroxyl groups is 1. The van der Waals surface area contributed by atoms with Crippen molar-refractivity contribution >= 4 is 11.9 Å². The van der Waals surface area contributed by atoms with Gasteiger partial charge < -0.3 is 15.5 Å². The van der Waals surface area contributed by atoms with Crippen molar-refractivity contribution < 1.29 is 19.8 Å². The lowest BCUT2D eigenvalue weighted by molar-refractivity contribution is -0.133. The molecule has 0 aliphatic carbocycles. The number of carboxylic acids is 1. The largest absolute Gasteiger partial charge is 0.478 e. The Hall–Kier alpha value is -1.36. The molecule has 0 heterocycles. The van der Waals surface area contributed by atoms with Crippen LogP contribution < -0.4 is 5.32 Å². The molecule has 1 unspecified atom stereocenters. The van der Waals surface area contributed by atoms with Crippen LogP contribution in [0.2, 0.25) is 0 Å². The van der Waals surface area contributed by atoms with Crippen molar-refractivity contribution in [3.63, 3.8) is 0 Å². The number of aliphatic hydroxyl groups excluding tert-OH is 1. The average molecular weight is 229 g/mol. The Morgan fingerprint density at radius 2 is 1.81 bits per heavy atom. The maximum absolute atomic E-state index is 11.4. The van der Waals surface area contributed by atoms with Crippen LogP contribution in [0.25, 0.3) is 0 Å². The summed E-state index contributed by atoms with van der Waals surface area (Å²) in [6.07, 6.45) is 0.901. The monoisotopic (exact) mass is 229 g/mol. The molecule has 16 heavy (non-hydrogen) atoms. The standard InChI is InChI=1S/C11H19NO4/c1-7(13)5-4-6-12-10(14)8(2)9(3)11(15)16/h7,13H,4-6H2,1-3H3,(H,12,14)(H,15,16). The van der Waals surface area contributed by atoms with Crippen molar-refractivity contribution in [2.45, 2.75) is 39.7 Å². The van der Waals surface area contributed by atoms with Crippen LogP contribution in [0.1, 0.15) is 33.6 Å². The maximum Gasteiger partial charge on any atom is 0.331 e. The molecule has 0 radical (unpaired) electrons. The van der Waals surface area contributed by atoms with Gasteiger partial charge in [0.15, 0.2) is 0 Å². The van der Waals surface area contributed by atoms with Crippen molar-refractivity contribution in [3.8, 4) is 0 Å². The minimum absolute atomic E-state index is 0.0491. The lowest BCUT2D eigenvalue weighted by Gasteiger charge is -2.07. The van der Waals surface area contributed by atoms with Gasteiger partial charge in [-0.3, -0.25) is 4.79 Å². The van der Waals surface area contributed by atoms with E-state index in [1.54, 1.807) is 6.92 Å². The predicted molar refractivity (Wildman–Crippen MR) is 59.9 cm³/mol. The minimum atomic E-state index is -1.09. The molecule has 0 bridgehead atoms. The SMILES string of the molecule is CC(C(=O)O)=C(C)C(=O)NCCCC(C)O. The Kier molecular flexibility index (Phi) is 6.41. The van der Waals surface area contributed by atoms with Gasteiger partial charge in [0.1, 0.15) is 0 Å². The zero-order valence-corrected chi connectivity index (χ0v) is 9.91. The van der Waals surface area contributed by atoms with Gasteiger partial charge in [-0.1, -0.05) is 0 Å². The number of amides is 1. The summed E-state index contributed by atoms with van der Waals surface area (Å²) < 4.78 is 0. The van der Waals surface area contributed by atoms with Gasteiger partial charge in [-0.15, -0.1) is 0 Å². The van der Waals surface area contributed by atoms with Gasteiger partial charge in [0.2, 0.25) is 5.91 Å². The summed E-state index contributed by atoms with van der Waals surface area (Å²) in [5.41, 5.74) is 0.262. The van der Waals surface area contributed by atoms with Gasteiger partial charge in [0.25, 0.3) is 0 Å². The van der Waals surface area contributed by atoms with E-state index in [1.165, 1.54) is 13.8 Å². The molecule has 0 aliphatic rings. The molecule has 0 spiro atoms. The maximum atomic E-state index is 11.4. The normalized spacial score (nSPS) is 14.0. The topological polar surface area (TPSA) is 86.6 Å². The average Bonchev–Trinajstić information content (AvgIpc) is 2.21. The van der Waals surface area contributed by atoms with Gasteiger partial charge >= 0.3 is 5.97 Å². The van der Waals surface area contributed by atoms with E-state index >= 15 is 0 Å². The third kappa shape index (κ3) is 5.50. The highest BCUT2D eigenvalue weighted by Gasteiger charge is 2.11. The molecular formula is C11H19NO4. The minimum Gasteiger partial charge on any atom is -0.478 e. The van der Waals surface area contributed by atoms with Gasteiger partial charge in [-0.05, 0) is 33.6 Å². The number of carbonyl (C=O) groups is 2. The fraction of sp³-hybridized carbons (Fsp3) is 0.636. The fourth-order valence-electron chi connectivity index (χ4n) is 1.06. The third-order valence-electron chi connectivity index (χ3n) is 2.31. The molecule has 0 aromatic rings. The van der Waals surface area contributed by atoms with E-state index in [2.05, 4.69) is 5.32 Å². The quantitative estimate of drug-likeness (QED) is 0.462. The predicted octanol–water partition coefficient (Wildman–Crippen LogP) is 0.685. The number of carbonyl (C=O) groups excluding carboxylic acids is 1. The van der Waals surface area contributed by atoms with Crippen LogP contribution in [-0.2, 0) is 9.59 Å². The molecule has 0 aromatic carbocycles. The fourth-order valence-corrected chi connectivity index (χ4v) is 1.06. The summed E-state index contributed by atoms with van der Waals surface area (Å²) in [6.45, 7) is 5.00. The summed E-state index contributed by atoms with van der Waals surface area (Å²) in [5.74, 6) is -1.46. The number of rotatable bonds is 6. The summed E-state index contributed by atoms with van der Waals surface area (Å²) in [7, 11) is 0. The second-order valence-corrected chi connectivity index (χ2v) is 3.80. The van der Waals surface area contributed by atoms with E-state index in [1.807, 2.05) is 0 Å². The number of carboxylic acid groups (broad SMARTS) is 1. The molecule has 1 atom stereocenters. The van der Waals surface area contributed by atoms with E-state index in [-0.39, 0.29) is 23.2 Å². The lowest BCUT2D eigenvalue weighted by Crippen LogP contribution is -2.27. The lowest BCUT2D eigenvalue weighted by atomic mass is 10.1. The van der Waals surface area contributed by atoms with Gasteiger partial charge in [0, 0.05) is 17.7 Å². The first kappa shape index (κ1) is 14.6. The highest BCUT2D eigenvalue weighted by atomic mass is 16.4. The number of hydrogen-bond acceptors (Lipinski definition) is 3. The van der Waals surface area contributed by atoms with Crippen molar-refractivity contribution in [2.75, 3.05) is 6.54 Å². The number of nitrogens with one attached hydrogen (secondary N) is 1. The molecule has 0 saturated heterocycles. The van der Waals surface area contributed by atoms with Crippen LogP contribution in [0.3, 0.4) is 0 Å². The molecule has 0 aliphatic heterocycles. The van der Waals surface area contributed by atoms with Crippen molar-refractivity contribution in [2.24, 2.45) is 0 Å². The first-order valence-electron chi connectivity index (χ1n) is 5.23. The molecule has 0 saturated carbocycles. The summed E-state index contributed by atoms with van der Waals surface area (Å²) in [6, 6.07) is 0. The second kappa shape index (κ2) is 7.00. The summed E-state index contributed by atoms with van der Waals surface area (Å²) >= 11 is 0. The van der Waals surface area contributed by atoms with Crippen LogP contribution in [0, 0.1) is 0 Å². The van der Waals surface area contributed by atoms with E-state index in [9.17, 15) is 9.59 Å². The van der Waals surface area contributed by atoms with E-state index < -0.39 is 5.97 Å². The first-order chi connectivity index (χ1) is 7.36. The molecule has 0 aromatic heterocycles. The van der Waals surface area contributed by atoms with Crippen LogP contribution in [0.15, 0.2) is 11.1 Å². The highest BCUT2D eigenvalue weighted by Crippen LogP contribution is 2.03. The van der Waals surface area contributed by atoms with Crippen molar-refractivity contribution in [1.29, 1.82) is 0 Å². The Morgan fingerprint density at radius 3 is 2.25 bits per heavy atom. The van der Waals surface area contributed by atoms with Crippen LogP contribution in [0.5, 0.6) is 0 Å². The highest BCUT2D eigenvalue weighted by molar-refractivity contribution is 6.01. The Labute approximate surface area is 95.2 Å². The Morgan fingerprint density at radius 1 is 1.25 bits per heavy atom.